The Bertz CT molecular complexity index is 960. The van der Waals surface area contributed by atoms with Gasteiger partial charge in [-0.2, -0.15) is 5.26 Å². The average Bonchev–Trinajstić information content (AvgIpc) is 3.01. The minimum atomic E-state index is -0.674. The molecule has 2 aromatic carbocycles. The zero-order valence-electron chi connectivity index (χ0n) is 13.7. The Kier molecular flexibility index (Phi) is 4.94. The minimum absolute atomic E-state index is 0.0380. The van der Waals surface area contributed by atoms with E-state index in [9.17, 15) is 9.18 Å². The van der Waals surface area contributed by atoms with E-state index in [2.05, 4.69) is 4.99 Å². The SMILES string of the molecule is COc1cc(/C=C2\N=C(c3ccccc3F)OC2=O)ccc1OCC#N. The van der Waals surface area contributed by atoms with Crippen molar-refractivity contribution >= 4 is 17.9 Å². The maximum atomic E-state index is 13.8. The van der Waals surface area contributed by atoms with Gasteiger partial charge in [0.05, 0.1) is 12.7 Å². The van der Waals surface area contributed by atoms with Gasteiger partial charge in [0.25, 0.3) is 0 Å². The summed E-state index contributed by atoms with van der Waals surface area (Å²) in [5.41, 5.74) is 0.759. The lowest BCUT2D eigenvalue weighted by molar-refractivity contribution is -0.129. The Balaban J connectivity index is 1.91. The molecule has 1 aliphatic rings. The summed E-state index contributed by atoms with van der Waals surface area (Å²) in [4.78, 5) is 16.1. The number of aliphatic imine (C=N–C) groups is 1. The molecule has 3 rings (SSSR count). The van der Waals surface area contributed by atoms with Gasteiger partial charge in [-0.25, -0.2) is 14.2 Å². The van der Waals surface area contributed by atoms with E-state index in [0.717, 1.165) is 0 Å². The summed E-state index contributed by atoms with van der Waals surface area (Å²) in [7, 11) is 1.46. The molecule has 0 N–H and O–H groups in total. The molecule has 0 aromatic heterocycles. The molecule has 130 valence electrons. The van der Waals surface area contributed by atoms with Crippen LogP contribution in [-0.4, -0.2) is 25.6 Å². The van der Waals surface area contributed by atoms with Gasteiger partial charge in [-0.15, -0.1) is 0 Å². The summed E-state index contributed by atoms with van der Waals surface area (Å²) in [6.45, 7) is -0.112. The Labute approximate surface area is 148 Å². The second kappa shape index (κ2) is 7.49. The molecule has 26 heavy (non-hydrogen) atoms. The highest BCUT2D eigenvalue weighted by Gasteiger charge is 2.26. The number of ether oxygens (including phenoxy) is 3. The quantitative estimate of drug-likeness (QED) is 0.610. The lowest BCUT2D eigenvalue weighted by Gasteiger charge is -2.08. The first-order chi connectivity index (χ1) is 12.6. The second-order valence-corrected chi connectivity index (χ2v) is 5.17. The largest absolute Gasteiger partial charge is 0.493 e. The Hall–Kier alpha value is -3.66. The number of hydrogen-bond acceptors (Lipinski definition) is 6. The van der Waals surface area contributed by atoms with E-state index in [-0.39, 0.29) is 23.8 Å². The molecule has 0 unspecified atom stereocenters. The van der Waals surface area contributed by atoms with Gasteiger partial charge in [0.2, 0.25) is 5.90 Å². The minimum Gasteiger partial charge on any atom is -0.493 e. The first-order valence-corrected chi connectivity index (χ1v) is 7.57. The van der Waals surface area contributed by atoms with Crippen molar-refractivity contribution in [2.45, 2.75) is 0 Å². The van der Waals surface area contributed by atoms with E-state index in [1.165, 1.54) is 31.4 Å². The van der Waals surface area contributed by atoms with Crippen LogP contribution in [0, 0.1) is 17.1 Å². The van der Waals surface area contributed by atoms with Crippen molar-refractivity contribution in [2.75, 3.05) is 13.7 Å². The molecule has 0 aliphatic carbocycles. The van der Waals surface area contributed by atoms with E-state index < -0.39 is 11.8 Å². The molecule has 0 bridgehead atoms. The number of nitriles is 1. The molecule has 7 heteroatoms. The monoisotopic (exact) mass is 352 g/mol. The summed E-state index contributed by atoms with van der Waals surface area (Å²) in [6, 6.07) is 12.7. The number of hydrogen-bond donors (Lipinski definition) is 0. The zero-order chi connectivity index (χ0) is 18.5. The van der Waals surface area contributed by atoms with Crippen LogP contribution in [0.5, 0.6) is 11.5 Å². The van der Waals surface area contributed by atoms with Gasteiger partial charge in [0.15, 0.2) is 23.8 Å². The number of carbonyl (C=O) groups excluding carboxylic acids is 1. The lowest BCUT2D eigenvalue weighted by atomic mass is 10.1. The highest BCUT2D eigenvalue weighted by Crippen LogP contribution is 2.29. The molecule has 0 fully saturated rings. The van der Waals surface area contributed by atoms with Crippen LogP contribution in [0.3, 0.4) is 0 Å². The standard InChI is InChI=1S/C19H13FN2O4/c1-24-17-11-12(6-7-16(17)25-9-8-21)10-15-19(23)26-18(22-15)13-4-2-3-5-14(13)20/h2-7,10-11H,9H2,1H3/b15-10-. The molecule has 1 heterocycles. The topological polar surface area (TPSA) is 80.9 Å². The number of methoxy groups -OCH3 is 1. The number of benzene rings is 2. The third-order valence-electron chi connectivity index (χ3n) is 3.51. The van der Waals surface area contributed by atoms with E-state index in [0.29, 0.717) is 17.1 Å². The zero-order valence-corrected chi connectivity index (χ0v) is 13.7. The number of halogens is 1. The lowest BCUT2D eigenvalue weighted by Crippen LogP contribution is -2.07. The normalized spacial score (nSPS) is 14.6. The molecule has 1 aliphatic heterocycles. The van der Waals surface area contributed by atoms with Crippen molar-refractivity contribution in [1.82, 2.24) is 0 Å². The summed E-state index contributed by atoms with van der Waals surface area (Å²) in [5, 5.41) is 8.58. The molecule has 0 atom stereocenters. The van der Waals surface area contributed by atoms with Gasteiger partial charge in [-0.1, -0.05) is 18.2 Å². The highest BCUT2D eigenvalue weighted by atomic mass is 19.1. The summed E-state index contributed by atoms with van der Waals surface area (Å²) in [5.74, 6) is -0.478. The van der Waals surface area contributed by atoms with Crippen molar-refractivity contribution < 1.29 is 23.4 Å². The van der Waals surface area contributed by atoms with Gasteiger partial charge >= 0.3 is 5.97 Å². The van der Waals surface area contributed by atoms with E-state index in [1.807, 2.05) is 6.07 Å². The van der Waals surface area contributed by atoms with Crippen LogP contribution >= 0.6 is 0 Å². The van der Waals surface area contributed by atoms with E-state index in [1.54, 1.807) is 24.3 Å². The third kappa shape index (κ3) is 3.54. The summed E-state index contributed by atoms with van der Waals surface area (Å²) < 4.78 is 29.3. The van der Waals surface area contributed by atoms with Crippen molar-refractivity contribution in [3.05, 3.63) is 65.1 Å². The average molecular weight is 352 g/mol. The molecular weight excluding hydrogens is 339 g/mol. The molecule has 0 radical (unpaired) electrons. The maximum absolute atomic E-state index is 13.8. The third-order valence-corrected chi connectivity index (χ3v) is 3.51. The maximum Gasteiger partial charge on any atom is 0.363 e. The molecule has 0 amide bonds. The fourth-order valence-corrected chi connectivity index (χ4v) is 2.32. The number of nitrogens with zero attached hydrogens (tertiary/aromatic N) is 2. The summed E-state index contributed by atoms with van der Waals surface area (Å²) >= 11 is 0. The van der Waals surface area contributed by atoms with Crippen LogP contribution in [0.4, 0.5) is 4.39 Å². The first kappa shape index (κ1) is 17.2. The fraction of sp³-hybridized carbons (Fsp3) is 0.105. The Morgan fingerprint density at radius 3 is 2.81 bits per heavy atom. The van der Waals surface area contributed by atoms with Crippen molar-refractivity contribution in [1.29, 1.82) is 5.26 Å². The van der Waals surface area contributed by atoms with Gasteiger partial charge < -0.3 is 14.2 Å². The summed E-state index contributed by atoms with van der Waals surface area (Å²) in [6.07, 6.45) is 1.49. The molecule has 0 saturated heterocycles. The Morgan fingerprint density at radius 2 is 2.08 bits per heavy atom. The number of rotatable bonds is 5. The predicted molar refractivity (Wildman–Crippen MR) is 91.1 cm³/mol. The van der Waals surface area contributed by atoms with E-state index in [4.69, 9.17) is 19.5 Å². The second-order valence-electron chi connectivity index (χ2n) is 5.17. The number of carbonyl (C=O) groups is 1. The fourth-order valence-electron chi connectivity index (χ4n) is 2.32. The predicted octanol–water partition coefficient (Wildman–Crippen LogP) is 3.08. The van der Waals surface area contributed by atoms with Crippen LogP contribution in [-0.2, 0) is 9.53 Å². The molecular formula is C19H13FN2O4. The highest BCUT2D eigenvalue weighted by molar-refractivity contribution is 6.12. The van der Waals surface area contributed by atoms with Crippen LogP contribution < -0.4 is 9.47 Å². The molecule has 6 nitrogen and oxygen atoms in total. The molecule has 0 spiro atoms. The Morgan fingerprint density at radius 1 is 1.27 bits per heavy atom. The van der Waals surface area contributed by atoms with Crippen molar-refractivity contribution in [3.63, 3.8) is 0 Å². The smallest absolute Gasteiger partial charge is 0.363 e. The molecule has 0 saturated carbocycles. The van der Waals surface area contributed by atoms with Gasteiger partial charge in [-0.3, -0.25) is 0 Å². The van der Waals surface area contributed by atoms with Crippen molar-refractivity contribution in [3.8, 4) is 17.6 Å². The van der Waals surface area contributed by atoms with Gasteiger partial charge in [-0.05, 0) is 35.9 Å². The van der Waals surface area contributed by atoms with Crippen LogP contribution in [0.2, 0.25) is 0 Å². The number of cyclic esters (lactones) is 1. The van der Waals surface area contributed by atoms with Gasteiger partial charge in [0.1, 0.15) is 11.9 Å². The molecule has 2 aromatic rings. The van der Waals surface area contributed by atoms with Crippen LogP contribution in [0.1, 0.15) is 11.1 Å². The number of esters is 1. The van der Waals surface area contributed by atoms with Crippen LogP contribution in [0.15, 0.2) is 53.2 Å². The van der Waals surface area contributed by atoms with Gasteiger partial charge in [0, 0.05) is 0 Å². The first-order valence-electron chi connectivity index (χ1n) is 7.57. The van der Waals surface area contributed by atoms with E-state index >= 15 is 0 Å². The van der Waals surface area contributed by atoms with Crippen molar-refractivity contribution in [2.24, 2.45) is 4.99 Å². The van der Waals surface area contributed by atoms with Crippen LogP contribution in [0.25, 0.3) is 6.08 Å².